The Morgan fingerprint density at radius 3 is 2.90 bits per heavy atom. The van der Waals surface area contributed by atoms with Crippen LogP contribution in [0.25, 0.3) is 0 Å². The van der Waals surface area contributed by atoms with Crippen LogP contribution in [0.1, 0.15) is 23.6 Å². The van der Waals surface area contributed by atoms with Gasteiger partial charge in [0.25, 0.3) is 0 Å². The van der Waals surface area contributed by atoms with Crippen molar-refractivity contribution < 1.29 is 4.74 Å². The first-order valence-electron chi connectivity index (χ1n) is 6.58. The maximum absolute atomic E-state index is 6.30. The Kier molecular flexibility index (Phi) is 3.90. The summed E-state index contributed by atoms with van der Waals surface area (Å²) in [6.45, 7) is 2.76. The van der Waals surface area contributed by atoms with Crippen LogP contribution < -0.4 is 10.1 Å². The molecule has 0 aliphatic carbocycles. The zero-order valence-electron chi connectivity index (χ0n) is 11.1. The van der Waals surface area contributed by atoms with Crippen LogP contribution in [0.3, 0.4) is 0 Å². The van der Waals surface area contributed by atoms with Gasteiger partial charge < -0.3 is 10.1 Å². The molecule has 2 aromatic carbocycles. The minimum atomic E-state index is 0.219. The Bertz CT molecular complexity index is 644. The van der Waals surface area contributed by atoms with E-state index in [-0.39, 0.29) is 6.04 Å². The third-order valence-corrected chi connectivity index (χ3v) is 4.27. The van der Waals surface area contributed by atoms with E-state index in [1.807, 2.05) is 31.2 Å². The third-order valence-electron chi connectivity index (χ3n) is 3.47. The Balaban J connectivity index is 1.91. The summed E-state index contributed by atoms with van der Waals surface area (Å²) in [4.78, 5) is 0. The summed E-state index contributed by atoms with van der Waals surface area (Å²) in [6.07, 6.45) is 0.924. The minimum absolute atomic E-state index is 0.219. The van der Waals surface area contributed by atoms with Crippen molar-refractivity contribution in [3.05, 3.63) is 57.0 Å². The summed E-state index contributed by atoms with van der Waals surface area (Å²) >= 11 is 9.82. The predicted molar refractivity (Wildman–Crippen MR) is 86.8 cm³/mol. The first-order chi connectivity index (χ1) is 9.63. The number of rotatable bonds is 2. The van der Waals surface area contributed by atoms with Gasteiger partial charge in [0.15, 0.2) is 0 Å². The van der Waals surface area contributed by atoms with E-state index in [0.717, 1.165) is 39.5 Å². The largest absolute Gasteiger partial charge is 0.493 e. The summed E-state index contributed by atoms with van der Waals surface area (Å²) in [5.74, 6) is 0.945. The van der Waals surface area contributed by atoms with Crippen molar-refractivity contribution in [1.82, 2.24) is 0 Å². The van der Waals surface area contributed by atoms with Crippen LogP contribution in [0.2, 0.25) is 5.02 Å². The molecular weight excluding hydrogens is 338 g/mol. The molecule has 2 aromatic rings. The van der Waals surface area contributed by atoms with Crippen molar-refractivity contribution in [2.45, 2.75) is 19.4 Å². The van der Waals surface area contributed by atoms with Gasteiger partial charge in [-0.15, -0.1) is 0 Å². The summed E-state index contributed by atoms with van der Waals surface area (Å²) in [7, 11) is 0. The number of hydrogen-bond donors (Lipinski definition) is 1. The lowest BCUT2D eigenvalue weighted by atomic mass is 10.00. The van der Waals surface area contributed by atoms with Crippen molar-refractivity contribution >= 4 is 33.2 Å². The van der Waals surface area contributed by atoms with Crippen LogP contribution in [0.5, 0.6) is 5.75 Å². The smallest absolute Gasteiger partial charge is 0.124 e. The highest BCUT2D eigenvalue weighted by Crippen LogP contribution is 2.37. The highest BCUT2D eigenvalue weighted by Gasteiger charge is 2.22. The molecule has 2 nitrogen and oxygen atoms in total. The van der Waals surface area contributed by atoms with Gasteiger partial charge >= 0.3 is 0 Å². The summed E-state index contributed by atoms with van der Waals surface area (Å²) < 4.78 is 6.76. The Morgan fingerprint density at radius 1 is 1.25 bits per heavy atom. The molecular formula is C16H15BrClNO. The first kappa shape index (κ1) is 13.8. The van der Waals surface area contributed by atoms with E-state index in [0.29, 0.717) is 0 Å². The van der Waals surface area contributed by atoms with Crippen molar-refractivity contribution in [3.8, 4) is 5.75 Å². The van der Waals surface area contributed by atoms with Crippen LogP contribution in [0, 0.1) is 6.92 Å². The number of ether oxygens (including phenoxy) is 1. The van der Waals surface area contributed by atoms with Crippen LogP contribution >= 0.6 is 27.5 Å². The molecule has 104 valence electrons. The zero-order chi connectivity index (χ0) is 14.1. The zero-order valence-corrected chi connectivity index (χ0v) is 13.5. The van der Waals surface area contributed by atoms with E-state index in [1.165, 1.54) is 5.56 Å². The molecule has 1 unspecified atom stereocenters. The fourth-order valence-electron chi connectivity index (χ4n) is 2.44. The number of anilines is 1. The maximum atomic E-state index is 6.30. The minimum Gasteiger partial charge on any atom is -0.493 e. The van der Waals surface area contributed by atoms with Crippen LogP contribution in [0.4, 0.5) is 5.69 Å². The molecule has 1 heterocycles. The SMILES string of the molecule is Cc1ccc(NC2CCOc3ccc(Br)cc32)c(Cl)c1. The van der Waals surface area contributed by atoms with Gasteiger partial charge in [0, 0.05) is 16.5 Å². The van der Waals surface area contributed by atoms with E-state index in [2.05, 4.69) is 33.4 Å². The third kappa shape index (κ3) is 2.79. The predicted octanol–water partition coefficient (Wildman–Crippen LogP) is 5.35. The van der Waals surface area contributed by atoms with Crippen LogP contribution in [-0.2, 0) is 0 Å². The van der Waals surface area contributed by atoms with Crippen molar-refractivity contribution in [3.63, 3.8) is 0 Å². The highest BCUT2D eigenvalue weighted by molar-refractivity contribution is 9.10. The molecule has 1 N–H and O–H groups in total. The van der Waals surface area contributed by atoms with E-state index in [1.54, 1.807) is 0 Å². The first-order valence-corrected chi connectivity index (χ1v) is 7.75. The monoisotopic (exact) mass is 351 g/mol. The Hall–Kier alpha value is -1.19. The molecule has 4 heteroatoms. The van der Waals surface area contributed by atoms with Crippen molar-refractivity contribution in [2.24, 2.45) is 0 Å². The number of benzene rings is 2. The summed E-state index contributed by atoms with van der Waals surface area (Å²) in [5, 5.41) is 4.28. The lowest BCUT2D eigenvalue weighted by molar-refractivity contribution is 0.274. The second kappa shape index (κ2) is 5.66. The molecule has 1 atom stereocenters. The van der Waals surface area contributed by atoms with Gasteiger partial charge in [-0.05, 0) is 42.8 Å². The maximum Gasteiger partial charge on any atom is 0.124 e. The topological polar surface area (TPSA) is 21.3 Å². The lowest BCUT2D eigenvalue weighted by Gasteiger charge is -2.28. The standard InChI is InChI=1S/C16H15BrClNO/c1-10-2-4-15(13(18)8-10)19-14-6-7-20-16-5-3-11(17)9-12(14)16/h2-5,8-9,14,19H,6-7H2,1H3. The van der Waals surface area contributed by atoms with Crippen LogP contribution in [-0.4, -0.2) is 6.61 Å². The Labute approximate surface area is 132 Å². The summed E-state index contributed by atoms with van der Waals surface area (Å²) in [6, 6.07) is 12.4. The molecule has 3 rings (SSSR count). The van der Waals surface area contributed by atoms with Gasteiger partial charge in [-0.3, -0.25) is 0 Å². The quantitative estimate of drug-likeness (QED) is 0.787. The van der Waals surface area contributed by atoms with Gasteiger partial charge in [-0.1, -0.05) is 33.6 Å². The molecule has 0 aromatic heterocycles. The number of nitrogens with one attached hydrogen (secondary N) is 1. The van der Waals surface area contributed by atoms with Crippen LogP contribution in [0.15, 0.2) is 40.9 Å². The molecule has 0 saturated heterocycles. The molecule has 0 bridgehead atoms. The van der Waals surface area contributed by atoms with Crippen molar-refractivity contribution in [2.75, 3.05) is 11.9 Å². The fraction of sp³-hybridized carbons (Fsp3) is 0.250. The normalized spacial score (nSPS) is 17.2. The molecule has 0 saturated carbocycles. The van der Waals surface area contributed by atoms with E-state index >= 15 is 0 Å². The average Bonchev–Trinajstić information content (AvgIpc) is 2.42. The average molecular weight is 353 g/mol. The number of halogens is 2. The summed E-state index contributed by atoms with van der Waals surface area (Å²) in [5.41, 5.74) is 3.30. The van der Waals surface area contributed by atoms with Gasteiger partial charge in [0.1, 0.15) is 5.75 Å². The molecule has 0 radical (unpaired) electrons. The fourth-order valence-corrected chi connectivity index (χ4v) is 3.11. The van der Waals surface area contributed by atoms with Gasteiger partial charge in [-0.25, -0.2) is 0 Å². The van der Waals surface area contributed by atoms with E-state index in [4.69, 9.17) is 16.3 Å². The second-order valence-corrected chi connectivity index (χ2v) is 6.32. The van der Waals surface area contributed by atoms with E-state index < -0.39 is 0 Å². The number of aryl methyl sites for hydroxylation is 1. The van der Waals surface area contributed by atoms with Gasteiger partial charge in [0.2, 0.25) is 0 Å². The number of fused-ring (bicyclic) bond motifs is 1. The second-order valence-electron chi connectivity index (χ2n) is 5.00. The van der Waals surface area contributed by atoms with Gasteiger partial charge in [0.05, 0.1) is 23.4 Å². The Morgan fingerprint density at radius 2 is 2.10 bits per heavy atom. The highest BCUT2D eigenvalue weighted by atomic mass is 79.9. The molecule has 20 heavy (non-hydrogen) atoms. The molecule has 1 aliphatic heterocycles. The van der Waals surface area contributed by atoms with Gasteiger partial charge in [-0.2, -0.15) is 0 Å². The number of hydrogen-bond acceptors (Lipinski definition) is 2. The molecule has 0 fully saturated rings. The lowest BCUT2D eigenvalue weighted by Crippen LogP contribution is -2.20. The van der Waals surface area contributed by atoms with Crippen molar-refractivity contribution in [1.29, 1.82) is 0 Å². The molecule has 0 spiro atoms. The molecule has 0 amide bonds. The van der Waals surface area contributed by atoms with E-state index in [9.17, 15) is 0 Å². The molecule has 1 aliphatic rings.